The monoisotopic (exact) mass is 385 g/mol. The van der Waals surface area contributed by atoms with Crippen molar-refractivity contribution in [3.63, 3.8) is 0 Å². The van der Waals surface area contributed by atoms with E-state index in [-0.39, 0.29) is 11.7 Å². The van der Waals surface area contributed by atoms with Gasteiger partial charge in [-0.05, 0) is 38.5 Å². The molecular weight excluding hydrogens is 365 g/mol. The molecule has 3 rings (SSSR count). The van der Waals surface area contributed by atoms with E-state index < -0.39 is 5.25 Å². The van der Waals surface area contributed by atoms with Crippen LogP contribution in [0.3, 0.4) is 0 Å². The van der Waals surface area contributed by atoms with Gasteiger partial charge < -0.3 is 11.2 Å². The number of carbonyl (C=O) groups excluding carboxylic acids is 1. The first-order valence-corrected chi connectivity index (χ1v) is 9.24. The number of nitrogen functional groups attached to an aromatic ring is 1. The van der Waals surface area contributed by atoms with E-state index >= 15 is 0 Å². The molecule has 0 aliphatic heterocycles. The van der Waals surface area contributed by atoms with Gasteiger partial charge in [0.2, 0.25) is 11.1 Å². The van der Waals surface area contributed by atoms with Gasteiger partial charge in [0.25, 0.3) is 0 Å². The van der Waals surface area contributed by atoms with Crippen LogP contribution in [0.2, 0.25) is 0 Å². The van der Waals surface area contributed by atoms with E-state index in [0.717, 1.165) is 11.1 Å². The summed E-state index contributed by atoms with van der Waals surface area (Å²) in [6, 6.07) is 12.3. The van der Waals surface area contributed by atoms with Crippen LogP contribution < -0.4 is 11.2 Å². The Balaban J connectivity index is 1.70. The molecule has 3 aromatic rings. The van der Waals surface area contributed by atoms with E-state index in [2.05, 4.69) is 15.5 Å². The maximum absolute atomic E-state index is 13.6. The smallest absolute Gasteiger partial charge is 0.237 e. The summed E-state index contributed by atoms with van der Waals surface area (Å²) in [4.78, 5) is 12.4. The van der Waals surface area contributed by atoms with Crippen LogP contribution in [0, 0.1) is 19.7 Å². The van der Waals surface area contributed by atoms with E-state index in [1.165, 1.54) is 22.5 Å². The number of anilines is 1. The van der Waals surface area contributed by atoms with E-state index in [9.17, 15) is 9.18 Å². The molecule has 0 bridgehead atoms. The first-order valence-electron chi connectivity index (χ1n) is 8.36. The number of hydrogen-bond donors (Lipinski definition) is 2. The number of aryl methyl sites for hydroxylation is 2. The van der Waals surface area contributed by atoms with Crippen molar-refractivity contribution in [2.75, 3.05) is 11.2 Å². The molecule has 27 heavy (non-hydrogen) atoms. The number of hydrogen-bond acceptors (Lipinski definition) is 5. The number of nitrogens with one attached hydrogen (secondary N) is 1. The molecule has 140 valence electrons. The van der Waals surface area contributed by atoms with Crippen molar-refractivity contribution in [3.8, 4) is 11.4 Å². The molecule has 0 radical (unpaired) electrons. The lowest BCUT2D eigenvalue weighted by Crippen LogP contribution is -2.23. The molecule has 3 N–H and O–H groups in total. The predicted molar refractivity (Wildman–Crippen MR) is 105 cm³/mol. The highest BCUT2D eigenvalue weighted by molar-refractivity contribution is 8.00. The molecular formula is C19H20FN5OS. The van der Waals surface area contributed by atoms with Crippen LogP contribution in [-0.4, -0.2) is 26.0 Å². The highest BCUT2D eigenvalue weighted by Gasteiger charge is 2.20. The van der Waals surface area contributed by atoms with Gasteiger partial charge >= 0.3 is 0 Å². The number of carbonyl (C=O) groups is 1. The zero-order valence-electron chi connectivity index (χ0n) is 15.2. The van der Waals surface area contributed by atoms with Gasteiger partial charge in [0.05, 0.1) is 5.25 Å². The Kier molecular flexibility index (Phi) is 5.46. The maximum Gasteiger partial charge on any atom is 0.237 e. The molecule has 1 atom stereocenters. The minimum Gasteiger partial charge on any atom is -0.335 e. The molecule has 1 heterocycles. The number of halogens is 1. The summed E-state index contributed by atoms with van der Waals surface area (Å²) in [5, 5.41) is 10.8. The first-order chi connectivity index (χ1) is 12.8. The number of nitrogens with zero attached hydrogens (tertiary/aromatic N) is 3. The van der Waals surface area contributed by atoms with Gasteiger partial charge in [-0.25, -0.2) is 9.07 Å². The summed E-state index contributed by atoms with van der Waals surface area (Å²) in [6.45, 7) is 5.39. The molecule has 6 nitrogen and oxygen atoms in total. The summed E-state index contributed by atoms with van der Waals surface area (Å²) >= 11 is 1.18. The lowest BCUT2D eigenvalue weighted by molar-refractivity contribution is -0.115. The van der Waals surface area contributed by atoms with Crippen molar-refractivity contribution >= 4 is 23.4 Å². The Bertz CT molecular complexity index is 971. The SMILES string of the molecule is Cc1ccc(-c2nnc(SC(C)C(=O)Nc3ccc(C)c(F)c3)n2N)cc1. The fourth-order valence-electron chi connectivity index (χ4n) is 2.38. The summed E-state index contributed by atoms with van der Waals surface area (Å²) in [5.41, 5.74) is 2.91. The third-order valence-corrected chi connectivity index (χ3v) is 5.12. The second kappa shape index (κ2) is 7.79. The van der Waals surface area contributed by atoms with Crippen LogP contribution >= 0.6 is 11.8 Å². The molecule has 1 unspecified atom stereocenters. The molecule has 0 aliphatic carbocycles. The van der Waals surface area contributed by atoms with Crippen molar-refractivity contribution in [2.24, 2.45) is 0 Å². The molecule has 1 amide bonds. The van der Waals surface area contributed by atoms with Crippen LogP contribution in [0.25, 0.3) is 11.4 Å². The van der Waals surface area contributed by atoms with E-state index in [0.29, 0.717) is 22.2 Å². The van der Waals surface area contributed by atoms with Gasteiger partial charge in [0.15, 0.2) is 5.82 Å². The number of nitrogens with two attached hydrogens (primary N) is 1. The topological polar surface area (TPSA) is 85.8 Å². The number of aromatic nitrogens is 3. The molecule has 0 spiro atoms. The standard InChI is InChI=1S/C19H20FN5OS/c1-11-4-7-14(8-5-11)17-23-24-19(25(17)21)27-13(3)18(26)22-15-9-6-12(2)16(20)10-15/h4-10,13H,21H2,1-3H3,(H,22,26). The number of benzene rings is 2. The van der Waals surface area contributed by atoms with Crippen LogP contribution in [0.5, 0.6) is 0 Å². The van der Waals surface area contributed by atoms with Gasteiger partial charge in [-0.1, -0.05) is 47.7 Å². The molecule has 0 fully saturated rings. The molecule has 2 aromatic carbocycles. The fourth-order valence-corrected chi connectivity index (χ4v) is 3.15. The third kappa shape index (κ3) is 4.28. The summed E-state index contributed by atoms with van der Waals surface area (Å²) in [7, 11) is 0. The lowest BCUT2D eigenvalue weighted by atomic mass is 10.1. The van der Waals surface area contributed by atoms with Gasteiger partial charge in [-0.15, -0.1) is 10.2 Å². The first kappa shape index (κ1) is 18.9. The lowest BCUT2D eigenvalue weighted by Gasteiger charge is -2.12. The zero-order chi connectivity index (χ0) is 19.6. The highest BCUT2D eigenvalue weighted by Crippen LogP contribution is 2.26. The third-order valence-electron chi connectivity index (χ3n) is 4.07. The zero-order valence-corrected chi connectivity index (χ0v) is 16.0. The van der Waals surface area contributed by atoms with E-state index in [1.54, 1.807) is 26.0 Å². The Labute approximate surface area is 161 Å². The molecule has 0 aliphatic rings. The van der Waals surface area contributed by atoms with Gasteiger partial charge in [-0.2, -0.15) is 0 Å². The average molecular weight is 385 g/mol. The van der Waals surface area contributed by atoms with Gasteiger partial charge in [-0.3, -0.25) is 4.79 Å². The number of amides is 1. The number of rotatable bonds is 5. The van der Waals surface area contributed by atoms with Crippen LogP contribution in [0.4, 0.5) is 10.1 Å². The molecule has 0 saturated heterocycles. The average Bonchev–Trinajstić information content (AvgIpc) is 2.99. The molecule has 8 heteroatoms. The van der Waals surface area contributed by atoms with Gasteiger partial charge in [0.1, 0.15) is 5.82 Å². The Morgan fingerprint density at radius 3 is 2.56 bits per heavy atom. The van der Waals surface area contributed by atoms with Crippen molar-refractivity contribution in [2.45, 2.75) is 31.2 Å². The Hall–Kier alpha value is -2.87. The minimum absolute atomic E-state index is 0.275. The van der Waals surface area contributed by atoms with Crippen LogP contribution in [0.1, 0.15) is 18.1 Å². The van der Waals surface area contributed by atoms with E-state index in [1.807, 2.05) is 31.2 Å². The molecule has 1 aromatic heterocycles. The Morgan fingerprint density at radius 1 is 1.19 bits per heavy atom. The van der Waals surface area contributed by atoms with E-state index in [4.69, 9.17) is 5.84 Å². The Morgan fingerprint density at radius 2 is 1.89 bits per heavy atom. The van der Waals surface area contributed by atoms with Crippen molar-refractivity contribution in [3.05, 3.63) is 59.4 Å². The largest absolute Gasteiger partial charge is 0.335 e. The van der Waals surface area contributed by atoms with Crippen molar-refractivity contribution < 1.29 is 9.18 Å². The van der Waals surface area contributed by atoms with Gasteiger partial charge in [0, 0.05) is 11.3 Å². The second-order valence-corrected chi connectivity index (χ2v) is 7.56. The maximum atomic E-state index is 13.6. The van der Waals surface area contributed by atoms with Crippen LogP contribution in [0.15, 0.2) is 47.6 Å². The van der Waals surface area contributed by atoms with Crippen molar-refractivity contribution in [1.29, 1.82) is 0 Å². The van der Waals surface area contributed by atoms with Crippen molar-refractivity contribution in [1.82, 2.24) is 14.9 Å². The summed E-state index contributed by atoms with van der Waals surface area (Å²) < 4.78 is 15.0. The minimum atomic E-state index is -0.494. The second-order valence-electron chi connectivity index (χ2n) is 6.26. The fraction of sp³-hybridized carbons (Fsp3) is 0.211. The normalized spacial score (nSPS) is 12.0. The summed E-state index contributed by atoms with van der Waals surface area (Å²) in [5.74, 6) is 5.98. The molecule has 0 saturated carbocycles. The number of thioether (sulfide) groups is 1. The quantitative estimate of drug-likeness (QED) is 0.518. The summed E-state index contributed by atoms with van der Waals surface area (Å²) in [6.07, 6.45) is 0. The van der Waals surface area contributed by atoms with Crippen LogP contribution in [-0.2, 0) is 4.79 Å². The predicted octanol–water partition coefficient (Wildman–Crippen LogP) is 3.53. The highest BCUT2D eigenvalue weighted by atomic mass is 32.2.